The summed E-state index contributed by atoms with van der Waals surface area (Å²) in [6, 6.07) is 0. The summed E-state index contributed by atoms with van der Waals surface area (Å²) in [5, 5.41) is 8.39. The van der Waals surface area contributed by atoms with Crippen molar-refractivity contribution in [3.05, 3.63) is 0 Å². The molecule has 0 rings (SSSR count). The molecule has 0 aliphatic carbocycles. The average molecular weight is 183 g/mol. The van der Waals surface area contributed by atoms with Crippen LogP contribution in [0.3, 0.4) is 0 Å². The number of aliphatic carboxylic acids is 1. The number of rotatable bonds is 5. The van der Waals surface area contributed by atoms with E-state index in [1.165, 1.54) is 4.90 Å². The van der Waals surface area contributed by atoms with Gasteiger partial charge in [0.15, 0.2) is 0 Å². The van der Waals surface area contributed by atoms with Gasteiger partial charge in [-0.15, -0.1) is 6.42 Å². The lowest BCUT2D eigenvalue weighted by Crippen LogP contribution is -2.32. The van der Waals surface area contributed by atoms with Gasteiger partial charge in [0.05, 0.1) is 12.8 Å². The zero-order chi connectivity index (χ0) is 10.3. The predicted octanol–water partition coefficient (Wildman–Crippen LogP) is 0.333. The van der Waals surface area contributed by atoms with Gasteiger partial charge in [-0.05, 0) is 6.92 Å². The number of carboxylic acid groups (broad SMARTS) is 1. The molecule has 72 valence electrons. The number of hydrogen-bond acceptors (Lipinski definition) is 2. The number of amides is 1. The highest BCUT2D eigenvalue weighted by molar-refractivity contribution is 5.79. The molecule has 0 spiro atoms. The molecule has 0 unspecified atom stereocenters. The molecule has 0 saturated carbocycles. The summed E-state index contributed by atoms with van der Waals surface area (Å²) in [5.41, 5.74) is 0. The second-order valence-corrected chi connectivity index (χ2v) is 2.50. The molecule has 0 heterocycles. The zero-order valence-electron chi connectivity index (χ0n) is 7.62. The highest BCUT2D eigenvalue weighted by Gasteiger charge is 2.10. The lowest BCUT2D eigenvalue weighted by molar-refractivity contribution is -0.138. The third-order valence-electron chi connectivity index (χ3n) is 1.58. The number of hydrogen-bond donors (Lipinski definition) is 1. The molecule has 0 saturated heterocycles. The molecule has 4 heteroatoms. The average Bonchev–Trinajstić information content (AvgIpc) is 2.05. The van der Waals surface area contributed by atoms with E-state index in [9.17, 15) is 9.59 Å². The van der Waals surface area contributed by atoms with Gasteiger partial charge < -0.3 is 10.0 Å². The van der Waals surface area contributed by atoms with E-state index in [2.05, 4.69) is 5.92 Å². The second-order valence-electron chi connectivity index (χ2n) is 2.50. The Balaban J connectivity index is 3.96. The Morgan fingerprint density at radius 3 is 2.54 bits per heavy atom. The van der Waals surface area contributed by atoms with Gasteiger partial charge in [-0.3, -0.25) is 9.59 Å². The van der Waals surface area contributed by atoms with Crippen LogP contribution in [0.5, 0.6) is 0 Å². The van der Waals surface area contributed by atoms with Crippen molar-refractivity contribution in [3.8, 4) is 12.3 Å². The largest absolute Gasteiger partial charge is 0.481 e. The van der Waals surface area contributed by atoms with E-state index in [1.54, 1.807) is 6.92 Å². The fraction of sp³-hybridized carbons (Fsp3) is 0.556. The minimum atomic E-state index is -0.910. The molecule has 0 aliphatic rings. The molecular formula is C9H13NO3. The Bertz CT molecular complexity index is 230. The van der Waals surface area contributed by atoms with E-state index >= 15 is 0 Å². The maximum absolute atomic E-state index is 11.2. The molecule has 4 nitrogen and oxygen atoms in total. The van der Waals surface area contributed by atoms with Crippen molar-refractivity contribution in [1.82, 2.24) is 4.90 Å². The normalized spacial score (nSPS) is 8.92. The first-order valence-corrected chi connectivity index (χ1v) is 4.04. The summed E-state index contributed by atoms with van der Waals surface area (Å²) < 4.78 is 0. The quantitative estimate of drug-likeness (QED) is 0.625. The van der Waals surface area contributed by atoms with Crippen LogP contribution in [-0.2, 0) is 9.59 Å². The summed E-state index contributed by atoms with van der Waals surface area (Å²) in [7, 11) is 0. The van der Waals surface area contributed by atoms with Crippen molar-refractivity contribution in [3.63, 3.8) is 0 Å². The van der Waals surface area contributed by atoms with Crippen LogP contribution in [0.4, 0.5) is 0 Å². The Labute approximate surface area is 77.5 Å². The Kier molecular flexibility index (Phi) is 5.37. The Morgan fingerprint density at radius 2 is 2.15 bits per heavy atom. The first-order valence-electron chi connectivity index (χ1n) is 4.04. The maximum atomic E-state index is 11.2. The topological polar surface area (TPSA) is 57.6 Å². The van der Waals surface area contributed by atoms with Crippen LogP contribution in [-0.4, -0.2) is 35.0 Å². The van der Waals surface area contributed by atoms with Crippen molar-refractivity contribution in [2.45, 2.75) is 19.8 Å². The molecule has 0 bridgehead atoms. The van der Waals surface area contributed by atoms with Gasteiger partial charge in [0, 0.05) is 13.1 Å². The molecule has 0 aromatic carbocycles. The fourth-order valence-corrected chi connectivity index (χ4v) is 0.889. The van der Waals surface area contributed by atoms with Crippen molar-refractivity contribution in [2.75, 3.05) is 13.1 Å². The minimum absolute atomic E-state index is 0.0352. The molecule has 1 amide bonds. The second kappa shape index (κ2) is 6.06. The molecule has 0 aliphatic heterocycles. The van der Waals surface area contributed by atoms with E-state index in [0.717, 1.165) is 0 Å². The molecule has 13 heavy (non-hydrogen) atoms. The smallest absolute Gasteiger partial charge is 0.305 e. The number of carbonyl (C=O) groups excluding carboxylic acids is 1. The van der Waals surface area contributed by atoms with Gasteiger partial charge in [0.1, 0.15) is 0 Å². The van der Waals surface area contributed by atoms with Gasteiger partial charge in [0.2, 0.25) is 5.91 Å². The fourth-order valence-electron chi connectivity index (χ4n) is 0.889. The summed E-state index contributed by atoms with van der Waals surface area (Å²) in [5.74, 6) is 1.13. The number of carbonyl (C=O) groups is 2. The van der Waals surface area contributed by atoms with Gasteiger partial charge in [-0.25, -0.2) is 0 Å². The van der Waals surface area contributed by atoms with E-state index in [-0.39, 0.29) is 25.3 Å². The van der Waals surface area contributed by atoms with E-state index in [4.69, 9.17) is 11.5 Å². The number of terminal acetylenes is 1. The van der Waals surface area contributed by atoms with E-state index in [1.807, 2.05) is 0 Å². The van der Waals surface area contributed by atoms with Crippen LogP contribution in [0.25, 0.3) is 0 Å². The third kappa shape index (κ3) is 4.86. The SMILES string of the molecule is C#CCC(=O)N(CC)CCC(=O)O. The van der Waals surface area contributed by atoms with Crippen molar-refractivity contribution < 1.29 is 14.7 Å². The van der Waals surface area contributed by atoms with Crippen LogP contribution in [0, 0.1) is 12.3 Å². The van der Waals surface area contributed by atoms with E-state index < -0.39 is 5.97 Å². The highest BCUT2D eigenvalue weighted by atomic mass is 16.4. The van der Waals surface area contributed by atoms with Crippen molar-refractivity contribution >= 4 is 11.9 Å². The van der Waals surface area contributed by atoms with Crippen LogP contribution >= 0.6 is 0 Å². The monoisotopic (exact) mass is 183 g/mol. The molecule has 0 atom stereocenters. The lowest BCUT2D eigenvalue weighted by Gasteiger charge is -2.18. The Hall–Kier alpha value is -1.50. The van der Waals surface area contributed by atoms with Crippen LogP contribution < -0.4 is 0 Å². The molecule has 0 fully saturated rings. The van der Waals surface area contributed by atoms with Crippen LogP contribution in [0.2, 0.25) is 0 Å². The summed E-state index contributed by atoms with van der Waals surface area (Å²) in [4.78, 5) is 22.8. The maximum Gasteiger partial charge on any atom is 0.305 e. The summed E-state index contributed by atoms with van der Waals surface area (Å²) in [6.45, 7) is 2.51. The number of carboxylic acids is 1. The van der Waals surface area contributed by atoms with Gasteiger partial charge in [-0.2, -0.15) is 0 Å². The van der Waals surface area contributed by atoms with Crippen molar-refractivity contribution in [2.24, 2.45) is 0 Å². The molecular weight excluding hydrogens is 170 g/mol. The molecule has 0 aromatic rings. The molecule has 0 radical (unpaired) electrons. The van der Waals surface area contributed by atoms with Gasteiger partial charge in [0.25, 0.3) is 0 Å². The number of nitrogens with zero attached hydrogens (tertiary/aromatic N) is 1. The van der Waals surface area contributed by atoms with Crippen LogP contribution in [0.1, 0.15) is 19.8 Å². The third-order valence-corrected chi connectivity index (χ3v) is 1.58. The van der Waals surface area contributed by atoms with Gasteiger partial charge >= 0.3 is 5.97 Å². The predicted molar refractivity (Wildman–Crippen MR) is 48.0 cm³/mol. The minimum Gasteiger partial charge on any atom is -0.481 e. The van der Waals surface area contributed by atoms with Crippen molar-refractivity contribution in [1.29, 1.82) is 0 Å². The van der Waals surface area contributed by atoms with E-state index in [0.29, 0.717) is 6.54 Å². The molecule has 1 N–H and O–H groups in total. The standard InChI is InChI=1S/C9H13NO3/c1-3-5-8(11)10(4-2)7-6-9(12)13/h1H,4-7H2,2H3,(H,12,13). The first kappa shape index (κ1) is 11.5. The lowest BCUT2D eigenvalue weighted by atomic mass is 10.3. The Morgan fingerprint density at radius 1 is 1.54 bits per heavy atom. The summed E-state index contributed by atoms with van der Waals surface area (Å²) in [6.07, 6.45) is 4.96. The van der Waals surface area contributed by atoms with Crippen LogP contribution in [0.15, 0.2) is 0 Å². The molecule has 0 aromatic heterocycles. The first-order chi connectivity index (χ1) is 6.11. The highest BCUT2D eigenvalue weighted by Crippen LogP contribution is 1.95. The zero-order valence-corrected chi connectivity index (χ0v) is 7.62. The summed E-state index contributed by atoms with van der Waals surface area (Å²) >= 11 is 0. The van der Waals surface area contributed by atoms with Gasteiger partial charge in [-0.1, -0.05) is 5.92 Å².